The van der Waals surface area contributed by atoms with Crippen molar-refractivity contribution in [2.75, 3.05) is 6.54 Å². The second-order valence-electron chi connectivity index (χ2n) is 5.61. The topological polar surface area (TPSA) is 60.2 Å². The van der Waals surface area contributed by atoms with Crippen molar-refractivity contribution in [1.82, 2.24) is 10.6 Å². The molecule has 2 rings (SSSR count). The van der Waals surface area contributed by atoms with E-state index in [1.807, 2.05) is 6.19 Å². The summed E-state index contributed by atoms with van der Waals surface area (Å²) in [6.07, 6.45) is 5.34. The number of guanidine groups is 1. The van der Waals surface area contributed by atoms with Crippen LogP contribution in [0, 0.1) is 17.4 Å². The summed E-state index contributed by atoms with van der Waals surface area (Å²) in [5.41, 5.74) is 2.73. The molecule has 0 spiro atoms. The Morgan fingerprint density at radius 1 is 1.45 bits per heavy atom. The molecule has 0 amide bonds. The Morgan fingerprint density at radius 3 is 3.00 bits per heavy atom. The molecule has 0 saturated carbocycles. The quantitative estimate of drug-likeness (QED) is 0.384. The minimum absolute atomic E-state index is 0.242. The molecule has 1 atom stereocenters. The number of aliphatic imine (C=N–C) groups is 1. The molecule has 1 aliphatic rings. The van der Waals surface area contributed by atoms with Crippen molar-refractivity contribution in [3.63, 3.8) is 0 Å². The second kappa shape index (κ2) is 6.95. The smallest absolute Gasteiger partial charge is 0.205 e. The van der Waals surface area contributed by atoms with Gasteiger partial charge in [0, 0.05) is 6.54 Å². The van der Waals surface area contributed by atoms with Crippen LogP contribution in [0.15, 0.2) is 29.3 Å². The average Bonchev–Trinajstić information content (AvgIpc) is 2.45. The number of nitrogens with one attached hydrogen (secondary N) is 2. The van der Waals surface area contributed by atoms with Gasteiger partial charge in [0.2, 0.25) is 5.96 Å². The van der Waals surface area contributed by atoms with Gasteiger partial charge in [-0.15, -0.1) is 0 Å². The van der Waals surface area contributed by atoms with Gasteiger partial charge in [0.15, 0.2) is 6.19 Å². The lowest BCUT2D eigenvalue weighted by Gasteiger charge is -2.27. The third-order valence-electron chi connectivity index (χ3n) is 3.47. The normalized spacial score (nSPS) is 18.3. The second-order valence-corrected chi connectivity index (χ2v) is 5.61. The third kappa shape index (κ3) is 3.74. The number of nitriles is 1. The first-order valence-electron chi connectivity index (χ1n) is 7.24. The molecule has 1 aliphatic carbocycles. The van der Waals surface area contributed by atoms with Crippen LogP contribution in [0.5, 0.6) is 0 Å². The molecule has 0 saturated heterocycles. The van der Waals surface area contributed by atoms with Crippen molar-refractivity contribution in [3.8, 4) is 6.19 Å². The average molecular weight is 270 g/mol. The number of aryl methyl sites for hydroxylation is 1. The summed E-state index contributed by atoms with van der Waals surface area (Å²) in [7, 11) is 0. The molecule has 0 aliphatic heterocycles. The molecule has 2 N–H and O–H groups in total. The minimum Gasteiger partial charge on any atom is -0.349 e. The van der Waals surface area contributed by atoms with Crippen molar-refractivity contribution in [2.24, 2.45) is 10.9 Å². The van der Waals surface area contributed by atoms with E-state index in [4.69, 9.17) is 5.26 Å². The number of hydrogen-bond donors (Lipinski definition) is 2. The Kier molecular flexibility index (Phi) is 5.00. The third-order valence-corrected chi connectivity index (χ3v) is 3.47. The van der Waals surface area contributed by atoms with Crippen molar-refractivity contribution < 1.29 is 0 Å². The summed E-state index contributed by atoms with van der Waals surface area (Å²) >= 11 is 0. The Bertz CT molecular complexity index is 513. The highest BCUT2D eigenvalue weighted by Gasteiger charge is 2.20. The molecule has 4 heteroatoms. The van der Waals surface area contributed by atoms with Crippen LogP contribution in [0.1, 0.15) is 43.9 Å². The first-order valence-corrected chi connectivity index (χ1v) is 7.24. The zero-order valence-electron chi connectivity index (χ0n) is 12.2. The van der Waals surface area contributed by atoms with Crippen LogP contribution in [-0.4, -0.2) is 12.5 Å². The monoisotopic (exact) mass is 270 g/mol. The summed E-state index contributed by atoms with van der Waals surface area (Å²) in [5, 5.41) is 14.9. The first kappa shape index (κ1) is 14.4. The number of rotatable bonds is 3. The van der Waals surface area contributed by atoms with Gasteiger partial charge in [0.05, 0.1) is 6.04 Å². The van der Waals surface area contributed by atoms with Gasteiger partial charge in [-0.05, 0) is 36.3 Å². The maximum Gasteiger partial charge on any atom is 0.205 e. The molecule has 1 aromatic rings. The molecule has 1 aromatic carbocycles. The van der Waals surface area contributed by atoms with Crippen LogP contribution in [0.2, 0.25) is 0 Å². The molecule has 0 fully saturated rings. The van der Waals surface area contributed by atoms with Crippen molar-refractivity contribution in [1.29, 1.82) is 5.26 Å². The molecule has 1 unspecified atom stereocenters. The van der Waals surface area contributed by atoms with E-state index in [0.29, 0.717) is 18.4 Å². The van der Waals surface area contributed by atoms with E-state index in [1.54, 1.807) is 0 Å². The molecule has 4 nitrogen and oxygen atoms in total. The fraction of sp³-hybridized carbons (Fsp3) is 0.500. The van der Waals surface area contributed by atoms with Crippen LogP contribution in [0.3, 0.4) is 0 Å². The van der Waals surface area contributed by atoms with Crippen molar-refractivity contribution in [2.45, 2.75) is 39.2 Å². The van der Waals surface area contributed by atoms with Gasteiger partial charge in [0.25, 0.3) is 0 Å². The highest BCUT2D eigenvalue weighted by atomic mass is 15.2. The lowest BCUT2D eigenvalue weighted by Crippen LogP contribution is -2.38. The maximum atomic E-state index is 8.84. The van der Waals surface area contributed by atoms with Crippen molar-refractivity contribution >= 4 is 5.96 Å². The molecule has 0 radical (unpaired) electrons. The summed E-state index contributed by atoms with van der Waals surface area (Å²) in [4.78, 5) is 4.45. The fourth-order valence-electron chi connectivity index (χ4n) is 2.52. The van der Waals surface area contributed by atoms with E-state index in [2.05, 4.69) is 53.7 Å². The van der Waals surface area contributed by atoms with Gasteiger partial charge in [-0.1, -0.05) is 38.1 Å². The Balaban J connectivity index is 2.12. The van der Waals surface area contributed by atoms with Crippen molar-refractivity contribution in [3.05, 3.63) is 35.4 Å². The lowest BCUT2D eigenvalue weighted by atomic mass is 9.88. The Labute approximate surface area is 120 Å². The Morgan fingerprint density at radius 2 is 2.25 bits per heavy atom. The van der Waals surface area contributed by atoms with E-state index in [0.717, 1.165) is 12.8 Å². The van der Waals surface area contributed by atoms with Crippen LogP contribution in [-0.2, 0) is 6.42 Å². The van der Waals surface area contributed by atoms with Crippen LogP contribution in [0.25, 0.3) is 0 Å². The van der Waals surface area contributed by atoms with Gasteiger partial charge >= 0.3 is 0 Å². The lowest BCUT2D eigenvalue weighted by molar-refractivity contribution is 0.521. The molecule has 0 heterocycles. The molecular formula is C16H22N4. The van der Waals surface area contributed by atoms with Crippen LogP contribution < -0.4 is 10.6 Å². The van der Waals surface area contributed by atoms with Gasteiger partial charge < -0.3 is 5.32 Å². The van der Waals surface area contributed by atoms with E-state index in [9.17, 15) is 0 Å². The summed E-state index contributed by atoms with van der Waals surface area (Å²) in [6.45, 7) is 4.94. The summed E-state index contributed by atoms with van der Waals surface area (Å²) < 4.78 is 0. The molecule has 0 bridgehead atoms. The zero-order valence-corrected chi connectivity index (χ0v) is 12.2. The molecule has 106 valence electrons. The van der Waals surface area contributed by atoms with Gasteiger partial charge in [-0.25, -0.2) is 0 Å². The highest BCUT2D eigenvalue weighted by molar-refractivity contribution is 5.81. The SMILES string of the molecule is CC(C)CN=C(NC#N)NC1CCCc2ccccc21. The number of hydrogen-bond acceptors (Lipinski definition) is 2. The number of nitrogens with zero attached hydrogens (tertiary/aromatic N) is 2. The number of fused-ring (bicyclic) bond motifs is 1. The maximum absolute atomic E-state index is 8.84. The molecule has 20 heavy (non-hydrogen) atoms. The van der Waals surface area contributed by atoms with E-state index < -0.39 is 0 Å². The van der Waals surface area contributed by atoms with E-state index in [1.165, 1.54) is 17.5 Å². The van der Waals surface area contributed by atoms with E-state index >= 15 is 0 Å². The minimum atomic E-state index is 0.242. The highest BCUT2D eigenvalue weighted by Crippen LogP contribution is 2.29. The van der Waals surface area contributed by atoms with Crippen LogP contribution in [0.4, 0.5) is 0 Å². The predicted octanol–water partition coefficient (Wildman–Crippen LogP) is 2.74. The molecular weight excluding hydrogens is 248 g/mol. The largest absolute Gasteiger partial charge is 0.349 e. The van der Waals surface area contributed by atoms with Crippen LogP contribution >= 0.6 is 0 Å². The first-order chi connectivity index (χ1) is 9.70. The number of benzene rings is 1. The Hall–Kier alpha value is -2.02. The van der Waals surface area contributed by atoms with E-state index in [-0.39, 0.29) is 6.04 Å². The predicted molar refractivity (Wildman–Crippen MR) is 81.1 cm³/mol. The standard InChI is InChI=1S/C16H22N4/c1-12(2)10-18-16(19-11-17)20-15-9-5-7-13-6-3-4-8-14(13)15/h3-4,6,8,12,15H,5,7,9-10H2,1-2H3,(H2,18,19,20). The fourth-order valence-corrected chi connectivity index (χ4v) is 2.52. The summed E-state index contributed by atoms with van der Waals surface area (Å²) in [5.74, 6) is 1.06. The van der Waals surface area contributed by atoms with Gasteiger partial charge in [-0.3, -0.25) is 10.3 Å². The molecule has 0 aromatic heterocycles. The summed E-state index contributed by atoms with van der Waals surface area (Å²) in [6, 6.07) is 8.75. The van der Waals surface area contributed by atoms with Gasteiger partial charge in [0.1, 0.15) is 0 Å². The zero-order chi connectivity index (χ0) is 14.4. The van der Waals surface area contributed by atoms with Gasteiger partial charge in [-0.2, -0.15) is 5.26 Å².